The number of rotatable bonds is 5. The van der Waals surface area contributed by atoms with Crippen LogP contribution in [0.3, 0.4) is 0 Å². The van der Waals surface area contributed by atoms with Crippen molar-refractivity contribution in [3.05, 3.63) is 56.0 Å². The molecule has 0 spiro atoms. The number of ether oxygens (including phenoxy) is 1. The Hall–Kier alpha value is -3.21. The van der Waals surface area contributed by atoms with Crippen molar-refractivity contribution in [1.82, 2.24) is 14.9 Å². The van der Waals surface area contributed by atoms with E-state index in [-0.39, 0.29) is 30.8 Å². The van der Waals surface area contributed by atoms with E-state index in [0.717, 1.165) is 22.1 Å². The lowest BCUT2D eigenvalue weighted by atomic mass is 9.81. The fourth-order valence-electron chi connectivity index (χ4n) is 6.23. The summed E-state index contributed by atoms with van der Waals surface area (Å²) in [5, 5.41) is 15.3. The summed E-state index contributed by atoms with van der Waals surface area (Å²) >= 11 is 5.85. The number of aryl methyl sites for hydroxylation is 1. The predicted octanol–water partition coefficient (Wildman–Crippen LogP) is 3.74. The van der Waals surface area contributed by atoms with E-state index in [1.165, 1.54) is 6.07 Å². The number of nitrogens with zero attached hydrogens (tertiary/aromatic N) is 2. The maximum Gasteiger partial charge on any atom is 0.343 e. The third-order valence-electron chi connectivity index (χ3n) is 8.32. The summed E-state index contributed by atoms with van der Waals surface area (Å²) in [6.07, 6.45) is 2.31. The number of hydrogen-bond acceptors (Lipinski definition) is 7. The molecule has 0 saturated heterocycles. The van der Waals surface area contributed by atoms with Crippen LogP contribution in [-0.2, 0) is 39.5 Å². The summed E-state index contributed by atoms with van der Waals surface area (Å²) in [6.45, 7) is 4.33. The fraction of sp³-hybridized carbons (Fsp3) is 0.429. The van der Waals surface area contributed by atoms with Crippen molar-refractivity contribution in [2.24, 2.45) is 5.73 Å². The Kier molecular flexibility index (Phi) is 5.89. The zero-order chi connectivity index (χ0) is 26.9. The first kappa shape index (κ1) is 25.1. The van der Waals surface area contributed by atoms with E-state index in [4.69, 9.17) is 27.7 Å². The van der Waals surface area contributed by atoms with Crippen LogP contribution >= 0.6 is 12.2 Å². The molecular weight excluding hydrogens is 507 g/mol. The molecule has 198 valence electrons. The van der Waals surface area contributed by atoms with E-state index < -0.39 is 11.6 Å². The van der Waals surface area contributed by atoms with Crippen LogP contribution in [0.4, 0.5) is 4.39 Å². The maximum atomic E-state index is 15.0. The van der Waals surface area contributed by atoms with Gasteiger partial charge in [-0.2, -0.15) is 0 Å². The van der Waals surface area contributed by atoms with E-state index in [2.05, 4.69) is 5.32 Å². The van der Waals surface area contributed by atoms with E-state index in [1.807, 2.05) is 4.57 Å². The normalized spacial score (nSPS) is 21.1. The highest BCUT2D eigenvalue weighted by Crippen LogP contribution is 2.47. The quantitative estimate of drug-likeness (QED) is 0.263. The molecule has 1 aliphatic carbocycles. The van der Waals surface area contributed by atoms with E-state index in [0.29, 0.717) is 77.0 Å². The van der Waals surface area contributed by atoms with Crippen LogP contribution in [0.5, 0.6) is 0 Å². The molecule has 1 aromatic carbocycles. The van der Waals surface area contributed by atoms with Crippen LogP contribution in [0.15, 0.2) is 12.1 Å². The number of fused-ring (bicyclic) bond motifs is 5. The first-order chi connectivity index (χ1) is 18.2. The molecule has 2 aliphatic heterocycles. The first-order valence-corrected chi connectivity index (χ1v) is 13.4. The third kappa shape index (κ3) is 3.47. The van der Waals surface area contributed by atoms with E-state index in [9.17, 15) is 19.1 Å². The highest BCUT2D eigenvalue weighted by Gasteiger charge is 2.45. The Labute approximate surface area is 224 Å². The molecule has 2 atom stereocenters. The SMILES string of the molecule is CC[C@@]1(O)C(=O)OCc2c1cc1n(c2=S)Cc2c-1nc1cc(F)c(C)c3c1c2[C@@H](NC(=O)CCCN)CC3. The number of nitrogens with one attached hydrogen (secondary N) is 1. The zero-order valence-corrected chi connectivity index (χ0v) is 22.1. The highest BCUT2D eigenvalue weighted by atomic mass is 32.1. The Morgan fingerprint density at radius 3 is 2.89 bits per heavy atom. The largest absolute Gasteiger partial charge is 0.458 e. The van der Waals surface area contributed by atoms with E-state index in [1.54, 1.807) is 19.9 Å². The standard InChI is InChI=1S/C28H29FN4O4S/c1-3-28(36)17-9-21-25-15(11-33(21)26(38)16(17)12-37-27(28)35)24-19(31-22(34)5-4-8-30)7-6-14-13(2)18(29)10-20(32-25)23(14)24/h9-10,19,36H,3-8,11-12,30H2,1-2H3,(H,31,34)/t19-,28-/m0/s1. The summed E-state index contributed by atoms with van der Waals surface area (Å²) in [7, 11) is 0. The van der Waals surface area contributed by atoms with E-state index >= 15 is 0 Å². The van der Waals surface area contributed by atoms with Gasteiger partial charge in [0, 0.05) is 34.6 Å². The van der Waals surface area contributed by atoms with Crippen LogP contribution in [0.25, 0.3) is 22.3 Å². The molecule has 0 radical (unpaired) electrons. The molecule has 10 heteroatoms. The number of cyclic esters (lactones) is 1. The van der Waals surface area contributed by atoms with Gasteiger partial charge in [0.1, 0.15) is 17.1 Å². The Morgan fingerprint density at radius 2 is 2.16 bits per heavy atom. The van der Waals surface area contributed by atoms with Crippen molar-refractivity contribution in [2.75, 3.05) is 6.54 Å². The van der Waals surface area contributed by atoms with Gasteiger partial charge < -0.3 is 25.5 Å². The smallest absolute Gasteiger partial charge is 0.343 e. The van der Waals surface area contributed by atoms with Gasteiger partial charge in [-0.3, -0.25) is 4.79 Å². The van der Waals surface area contributed by atoms with Gasteiger partial charge in [-0.25, -0.2) is 14.2 Å². The molecular formula is C28H29FN4O4S. The van der Waals surface area contributed by atoms with Crippen LogP contribution in [0, 0.1) is 17.4 Å². The van der Waals surface area contributed by atoms with Crippen molar-refractivity contribution in [3.63, 3.8) is 0 Å². The summed E-state index contributed by atoms with van der Waals surface area (Å²) in [5.41, 5.74) is 9.98. The average molecular weight is 537 g/mol. The van der Waals surface area contributed by atoms with Crippen molar-refractivity contribution >= 4 is 35.0 Å². The number of halogens is 1. The Bertz CT molecular complexity index is 1620. The van der Waals surface area contributed by atoms with Gasteiger partial charge in [-0.05, 0) is 61.9 Å². The number of esters is 1. The van der Waals surface area contributed by atoms with Gasteiger partial charge in [0.15, 0.2) is 5.60 Å². The molecule has 3 aliphatic rings. The molecule has 2 aromatic heterocycles. The number of amides is 1. The second kappa shape index (κ2) is 8.93. The number of benzene rings is 1. The number of nitrogens with two attached hydrogens (primary N) is 1. The number of pyridine rings is 2. The summed E-state index contributed by atoms with van der Waals surface area (Å²) < 4.78 is 22.7. The van der Waals surface area contributed by atoms with Crippen molar-refractivity contribution in [2.45, 2.75) is 70.7 Å². The molecule has 0 fully saturated rings. The lowest BCUT2D eigenvalue weighted by Gasteiger charge is -2.32. The molecule has 0 saturated carbocycles. The van der Waals surface area contributed by atoms with Crippen LogP contribution in [0.2, 0.25) is 0 Å². The second-order valence-corrected chi connectivity index (χ2v) is 10.7. The lowest BCUT2D eigenvalue weighted by Crippen LogP contribution is -2.41. The number of carbonyl (C=O) groups excluding carboxylic acids is 2. The summed E-state index contributed by atoms with van der Waals surface area (Å²) in [5.74, 6) is -1.10. The number of aromatic nitrogens is 2. The van der Waals surface area contributed by atoms with Crippen LogP contribution in [0.1, 0.15) is 72.0 Å². The number of aliphatic hydroxyl groups is 1. The predicted molar refractivity (Wildman–Crippen MR) is 141 cm³/mol. The molecule has 6 rings (SSSR count). The highest BCUT2D eigenvalue weighted by molar-refractivity contribution is 7.71. The molecule has 0 unspecified atom stereocenters. The molecule has 0 bridgehead atoms. The second-order valence-electron chi connectivity index (χ2n) is 10.4. The molecule has 3 aromatic rings. The molecule has 1 amide bonds. The molecule has 4 heterocycles. The summed E-state index contributed by atoms with van der Waals surface area (Å²) in [6, 6.07) is 2.95. The monoisotopic (exact) mass is 536 g/mol. The molecule has 38 heavy (non-hydrogen) atoms. The minimum atomic E-state index is -1.81. The lowest BCUT2D eigenvalue weighted by molar-refractivity contribution is -0.172. The maximum absolute atomic E-state index is 15.0. The Morgan fingerprint density at radius 1 is 1.37 bits per heavy atom. The fourth-order valence-corrected chi connectivity index (χ4v) is 6.56. The number of carbonyl (C=O) groups is 2. The molecule has 4 N–H and O–H groups in total. The van der Waals surface area contributed by atoms with Gasteiger partial charge in [-0.15, -0.1) is 0 Å². The van der Waals surface area contributed by atoms with Crippen LogP contribution < -0.4 is 11.1 Å². The van der Waals surface area contributed by atoms with Crippen molar-refractivity contribution in [1.29, 1.82) is 0 Å². The van der Waals surface area contributed by atoms with Gasteiger partial charge in [0.25, 0.3) is 0 Å². The summed E-state index contributed by atoms with van der Waals surface area (Å²) in [4.78, 5) is 30.2. The minimum Gasteiger partial charge on any atom is -0.458 e. The zero-order valence-electron chi connectivity index (χ0n) is 21.3. The molecule has 8 nitrogen and oxygen atoms in total. The third-order valence-corrected chi connectivity index (χ3v) is 8.79. The number of hydrogen-bond donors (Lipinski definition) is 3. The Balaban J connectivity index is 1.60. The van der Waals surface area contributed by atoms with Crippen LogP contribution in [-0.4, -0.2) is 33.1 Å². The van der Waals surface area contributed by atoms with Gasteiger partial charge in [-0.1, -0.05) is 19.1 Å². The first-order valence-electron chi connectivity index (χ1n) is 13.0. The van der Waals surface area contributed by atoms with Gasteiger partial charge >= 0.3 is 5.97 Å². The minimum absolute atomic E-state index is 0.0113. The van der Waals surface area contributed by atoms with Gasteiger partial charge in [0.2, 0.25) is 5.91 Å². The van der Waals surface area contributed by atoms with Crippen molar-refractivity contribution in [3.8, 4) is 11.4 Å². The topological polar surface area (TPSA) is 119 Å². The van der Waals surface area contributed by atoms with Gasteiger partial charge in [0.05, 0.1) is 29.5 Å². The average Bonchev–Trinajstić information content (AvgIpc) is 3.27. The van der Waals surface area contributed by atoms with Crippen molar-refractivity contribution < 1.29 is 23.8 Å².